The van der Waals surface area contributed by atoms with Crippen molar-refractivity contribution in [2.75, 3.05) is 18.0 Å². The maximum absolute atomic E-state index is 12.6. The average Bonchev–Trinajstić information content (AvgIpc) is 3.23. The molecule has 1 heterocycles. The highest BCUT2D eigenvalue weighted by molar-refractivity contribution is 6.30. The number of carbonyl (C=O) groups is 1. The molecule has 2 aliphatic carbocycles. The Bertz CT molecular complexity index is 576. The molecule has 0 spiro atoms. The average molecular weight is 319 g/mol. The summed E-state index contributed by atoms with van der Waals surface area (Å²) in [6.45, 7) is 1.75. The zero-order valence-corrected chi connectivity index (χ0v) is 13.6. The van der Waals surface area contributed by atoms with E-state index < -0.39 is 0 Å². The molecule has 3 fully saturated rings. The van der Waals surface area contributed by atoms with Crippen LogP contribution in [-0.4, -0.2) is 25.0 Å². The van der Waals surface area contributed by atoms with Crippen LogP contribution >= 0.6 is 11.6 Å². The van der Waals surface area contributed by atoms with Gasteiger partial charge in [-0.15, -0.1) is 0 Å². The van der Waals surface area contributed by atoms with E-state index in [1.165, 1.54) is 25.7 Å². The Hall–Kier alpha value is -1.22. The maximum Gasteiger partial charge on any atom is 0.225 e. The lowest BCUT2D eigenvalue weighted by Crippen LogP contribution is -2.42. The first-order chi connectivity index (χ1) is 10.7. The zero-order chi connectivity index (χ0) is 15.1. The number of fused-ring (bicyclic) bond motifs is 2. The summed E-state index contributed by atoms with van der Waals surface area (Å²) in [5, 5.41) is 4.10. The topological polar surface area (TPSA) is 32.3 Å². The predicted octanol–water partition coefficient (Wildman–Crippen LogP) is 3.47. The lowest BCUT2D eigenvalue weighted by Gasteiger charge is -2.25. The van der Waals surface area contributed by atoms with Gasteiger partial charge in [-0.1, -0.05) is 24.1 Å². The Labute approximate surface area is 137 Å². The molecular formula is C18H23ClN2O. The number of nitrogens with zero attached hydrogens (tertiary/aromatic N) is 1. The van der Waals surface area contributed by atoms with E-state index in [0.717, 1.165) is 42.1 Å². The molecule has 1 aliphatic heterocycles. The van der Waals surface area contributed by atoms with Gasteiger partial charge < -0.3 is 10.2 Å². The van der Waals surface area contributed by atoms with Crippen LogP contribution in [0.3, 0.4) is 0 Å². The normalized spacial score (nSPS) is 33.4. The van der Waals surface area contributed by atoms with E-state index in [-0.39, 0.29) is 11.8 Å². The third-order valence-electron chi connectivity index (χ3n) is 5.80. The first kappa shape index (κ1) is 14.4. The molecule has 4 rings (SSSR count). The van der Waals surface area contributed by atoms with Gasteiger partial charge >= 0.3 is 0 Å². The summed E-state index contributed by atoms with van der Waals surface area (Å²) in [4.78, 5) is 14.8. The smallest absolute Gasteiger partial charge is 0.225 e. The van der Waals surface area contributed by atoms with Gasteiger partial charge in [0.05, 0.1) is 5.92 Å². The van der Waals surface area contributed by atoms with E-state index in [9.17, 15) is 4.79 Å². The molecule has 1 aromatic carbocycles. The van der Waals surface area contributed by atoms with Gasteiger partial charge in [0.1, 0.15) is 0 Å². The third kappa shape index (κ3) is 2.71. The largest absolute Gasteiger partial charge is 0.371 e. The first-order valence-electron chi connectivity index (χ1n) is 8.50. The van der Waals surface area contributed by atoms with Crippen molar-refractivity contribution >= 4 is 23.2 Å². The van der Waals surface area contributed by atoms with E-state index in [1.54, 1.807) is 0 Å². The van der Waals surface area contributed by atoms with Crippen LogP contribution < -0.4 is 10.2 Å². The molecular weight excluding hydrogens is 296 g/mol. The molecule has 1 aromatic rings. The fourth-order valence-corrected chi connectivity index (χ4v) is 4.79. The number of anilines is 1. The second kappa shape index (κ2) is 5.77. The fraction of sp³-hybridized carbons (Fsp3) is 0.611. The number of carbonyl (C=O) groups excluding carboxylic acids is 1. The molecule has 118 valence electrons. The van der Waals surface area contributed by atoms with Crippen LogP contribution in [-0.2, 0) is 4.79 Å². The minimum Gasteiger partial charge on any atom is -0.371 e. The number of rotatable bonds is 3. The summed E-state index contributed by atoms with van der Waals surface area (Å²) in [7, 11) is 0. The fourth-order valence-electron chi connectivity index (χ4n) is 4.60. The van der Waals surface area contributed by atoms with Crippen LogP contribution in [0.1, 0.15) is 32.1 Å². The van der Waals surface area contributed by atoms with Crippen LogP contribution in [0.15, 0.2) is 24.3 Å². The van der Waals surface area contributed by atoms with Gasteiger partial charge in [0.25, 0.3) is 0 Å². The SMILES string of the molecule is O=C(N[C@@H]1C[C@@H]2CC[C@H]1C2)[C@@H]1CCN(c2cccc(Cl)c2)C1. The van der Waals surface area contributed by atoms with Gasteiger partial charge in [-0.2, -0.15) is 0 Å². The number of amides is 1. The van der Waals surface area contributed by atoms with Crippen LogP contribution in [0.25, 0.3) is 0 Å². The van der Waals surface area contributed by atoms with Crippen molar-refractivity contribution in [3.05, 3.63) is 29.3 Å². The Balaban J connectivity index is 1.35. The molecule has 1 saturated heterocycles. The van der Waals surface area contributed by atoms with Crippen LogP contribution in [0.4, 0.5) is 5.69 Å². The highest BCUT2D eigenvalue weighted by Gasteiger charge is 2.41. The van der Waals surface area contributed by atoms with Gasteiger partial charge in [-0.05, 0) is 55.7 Å². The van der Waals surface area contributed by atoms with Gasteiger partial charge in [0.2, 0.25) is 5.91 Å². The van der Waals surface area contributed by atoms with Crippen molar-refractivity contribution in [2.45, 2.75) is 38.1 Å². The minimum absolute atomic E-state index is 0.123. The summed E-state index contributed by atoms with van der Waals surface area (Å²) >= 11 is 6.07. The molecule has 4 heteroatoms. The molecule has 22 heavy (non-hydrogen) atoms. The third-order valence-corrected chi connectivity index (χ3v) is 6.03. The van der Waals surface area contributed by atoms with Crippen LogP contribution in [0.5, 0.6) is 0 Å². The van der Waals surface area contributed by atoms with Crippen molar-refractivity contribution in [3.8, 4) is 0 Å². The van der Waals surface area contributed by atoms with Crippen LogP contribution in [0.2, 0.25) is 5.02 Å². The van der Waals surface area contributed by atoms with Crippen molar-refractivity contribution in [1.29, 1.82) is 0 Å². The highest BCUT2D eigenvalue weighted by atomic mass is 35.5. The quantitative estimate of drug-likeness (QED) is 0.925. The molecule has 4 atom stereocenters. The monoisotopic (exact) mass is 318 g/mol. The Kier molecular flexibility index (Phi) is 3.77. The highest BCUT2D eigenvalue weighted by Crippen LogP contribution is 2.44. The van der Waals surface area contributed by atoms with Gasteiger partial charge in [0.15, 0.2) is 0 Å². The van der Waals surface area contributed by atoms with Crippen molar-refractivity contribution in [2.24, 2.45) is 17.8 Å². The molecule has 0 aromatic heterocycles. The second-order valence-electron chi connectivity index (χ2n) is 7.20. The number of nitrogens with one attached hydrogen (secondary N) is 1. The summed E-state index contributed by atoms with van der Waals surface area (Å²) in [6.07, 6.45) is 6.18. The number of hydrogen-bond acceptors (Lipinski definition) is 2. The van der Waals surface area contributed by atoms with E-state index in [0.29, 0.717) is 6.04 Å². The molecule has 2 saturated carbocycles. The van der Waals surface area contributed by atoms with E-state index in [2.05, 4.69) is 16.3 Å². The Morgan fingerprint density at radius 2 is 2.14 bits per heavy atom. The lowest BCUT2D eigenvalue weighted by atomic mass is 9.94. The molecule has 1 N–H and O–H groups in total. The summed E-state index contributed by atoms with van der Waals surface area (Å²) in [6, 6.07) is 8.37. The van der Waals surface area contributed by atoms with Crippen molar-refractivity contribution in [1.82, 2.24) is 5.32 Å². The lowest BCUT2D eigenvalue weighted by molar-refractivity contribution is -0.125. The van der Waals surface area contributed by atoms with Crippen LogP contribution in [0, 0.1) is 17.8 Å². The predicted molar refractivity (Wildman–Crippen MR) is 89.2 cm³/mol. The number of halogens is 1. The molecule has 0 unspecified atom stereocenters. The Morgan fingerprint density at radius 1 is 1.23 bits per heavy atom. The maximum atomic E-state index is 12.6. The summed E-state index contributed by atoms with van der Waals surface area (Å²) in [5.74, 6) is 2.02. The number of benzene rings is 1. The zero-order valence-electron chi connectivity index (χ0n) is 12.8. The van der Waals surface area contributed by atoms with Gasteiger partial charge in [0, 0.05) is 29.8 Å². The molecule has 0 radical (unpaired) electrons. The molecule has 2 bridgehead atoms. The first-order valence-corrected chi connectivity index (χ1v) is 8.88. The molecule has 3 aliphatic rings. The number of hydrogen-bond donors (Lipinski definition) is 1. The standard InChI is InChI=1S/C18H23ClN2O/c19-15-2-1-3-16(10-15)21-7-6-14(11-21)18(22)20-17-9-12-4-5-13(17)8-12/h1-3,10,12-14,17H,4-9,11H2,(H,20,22)/t12-,13+,14-,17-/m1/s1. The summed E-state index contributed by atoms with van der Waals surface area (Å²) < 4.78 is 0. The van der Waals surface area contributed by atoms with E-state index >= 15 is 0 Å². The van der Waals surface area contributed by atoms with E-state index in [4.69, 9.17) is 11.6 Å². The Morgan fingerprint density at radius 3 is 2.86 bits per heavy atom. The second-order valence-corrected chi connectivity index (χ2v) is 7.64. The van der Waals surface area contributed by atoms with Crippen molar-refractivity contribution in [3.63, 3.8) is 0 Å². The molecule has 3 nitrogen and oxygen atoms in total. The minimum atomic E-state index is 0.123. The summed E-state index contributed by atoms with van der Waals surface area (Å²) in [5.41, 5.74) is 1.13. The van der Waals surface area contributed by atoms with Crippen molar-refractivity contribution < 1.29 is 4.79 Å². The van der Waals surface area contributed by atoms with Gasteiger partial charge in [-0.3, -0.25) is 4.79 Å². The molecule has 1 amide bonds. The van der Waals surface area contributed by atoms with Gasteiger partial charge in [-0.25, -0.2) is 0 Å². The van der Waals surface area contributed by atoms with E-state index in [1.807, 2.05) is 18.2 Å².